The highest BCUT2D eigenvalue weighted by molar-refractivity contribution is 5.92. The first-order chi connectivity index (χ1) is 12.3. The highest BCUT2D eigenvalue weighted by atomic mass is 16.4. The van der Waals surface area contributed by atoms with Gasteiger partial charge in [-0.05, 0) is 49.5 Å². The van der Waals surface area contributed by atoms with Crippen LogP contribution < -0.4 is 0 Å². The van der Waals surface area contributed by atoms with Gasteiger partial charge in [0.1, 0.15) is 11.3 Å². The second-order valence-electron chi connectivity index (χ2n) is 6.54. The molecule has 0 aliphatic rings. The second kappa shape index (κ2) is 10.3. The van der Waals surface area contributed by atoms with E-state index < -0.39 is 5.97 Å². The number of carbonyl (C=O) groups is 1. The van der Waals surface area contributed by atoms with Gasteiger partial charge in [0.2, 0.25) is 0 Å². The molecule has 0 aliphatic heterocycles. The Morgan fingerprint density at radius 3 is 2.54 bits per heavy atom. The minimum Gasteiger partial charge on any atom is -0.511 e. The van der Waals surface area contributed by atoms with E-state index in [-0.39, 0.29) is 17.8 Å². The normalized spacial score (nSPS) is 12.3. The van der Waals surface area contributed by atoms with Crippen LogP contribution in [0.3, 0.4) is 0 Å². The maximum absolute atomic E-state index is 11.8. The van der Waals surface area contributed by atoms with Crippen molar-refractivity contribution in [2.45, 2.75) is 52.9 Å². The Balaban J connectivity index is 3.33. The van der Waals surface area contributed by atoms with Gasteiger partial charge in [0.05, 0.1) is 0 Å². The number of unbranched alkanes of at least 4 members (excludes halogenated alkanes) is 2. The van der Waals surface area contributed by atoms with E-state index in [0.29, 0.717) is 12.0 Å². The number of aryl methyl sites for hydroxylation is 1. The predicted octanol–water partition coefficient (Wildman–Crippen LogP) is 5.61. The monoisotopic (exact) mass is 352 g/mol. The van der Waals surface area contributed by atoms with Crippen molar-refractivity contribution in [3.8, 4) is 12.3 Å². The van der Waals surface area contributed by atoms with Crippen molar-refractivity contribution in [2.24, 2.45) is 0 Å². The van der Waals surface area contributed by atoms with Gasteiger partial charge in [0.15, 0.2) is 0 Å². The van der Waals surface area contributed by atoms with Crippen LogP contribution >= 0.6 is 0 Å². The number of terminal acetylenes is 1. The number of hydrogen-bond acceptors (Lipinski definition) is 2. The third kappa shape index (κ3) is 5.97. The lowest BCUT2D eigenvalue weighted by Crippen LogP contribution is -2.10. The summed E-state index contributed by atoms with van der Waals surface area (Å²) in [6.45, 7) is 9.89. The second-order valence-corrected chi connectivity index (χ2v) is 6.54. The summed E-state index contributed by atoms with van der Waals surface area (Å²) in [5.41, 5.74) is 4.08. The molecule has 0 aromatic heterocycles. The fraction of sp³-hybridized carbons (Fsp3) is 0.348. The van der Waals surface area contributed by atoms with Crippen LogP contribution in [0.1, 0.15) is 56.2 Å². The Kier molecular flexibility index (Phi) is 8.45. The van der Waals surface area contributed by atoms with Gasteiger partial charge in [-0.1, -0.05) is 61.6 Å². The van der Waals surface area contributed by atoms with Crippen molar-refractivity contribution in [1.82, 2.24) is 0 Å². The van der Waals surface area contributed by atoms with Gasteiger partial charge in [-0.25, -0.2) is 4.79 Å². The minimum atomic E-state index is -1.16. The minimum absolute atomic E-state index is 0.0896. The molecule has 0 unspecified atom stereocenters. The van der Waals surface area contributed by atoms with Crippen molar-refractivity contribution in [3.63, 3.8) is 0 Å². The molecule has 3 nitrogen and oxygen atoms in total. The van der Waals surface area contributed by atoms with Gasteiger partial charge in [-0.2, -0.15) is 0 Å². The molecular formula is C23H28O3. The van der Waals surface area contributed by atoms with Crippen molar-refractivity contribution >= 4 is 11.5 Å². The largest absolute Gasteiger partial charge is 0.511 e. The van der Waals surface area contributed by atoms with Crippen LogP contribution in [-0.2, 0) is 11.2 Å². The lowest BCUT2D eigenvalue weighted by molar-refractivity contribution is -0.132. The number of aliphatic hydroxyl groups is 1. The molecule has 0 bridgehead atoms. The van der Waals surface area contributed by atoms with Gasteiger partial charge >= 0.3 is 5.97 Å². The summed E-state index contributed by atoms with van der Waals surface area (Å²) >= 11 is 0. The first-order valence-corrected chi connectivity index (χ1v) is 8.88. The molecule has 1 aromatic rings. The Morgan fingerprint density at radius 1 is 1.31 bits per heavy atom. The maximum Gasteiger partial charge on any atom is 0.339 e. The van der Waals surface area contributed by atoms with Crippen LogP contribution in [0, 0.1) is 19.3 Å². The molecule has 1 rings (SSSR count). The number of benzene rings is 1. The molecule has 0 aliphatic carbocycles. The SMILES string of the molecule is C#C/C=C(CCCCC)\C(C(=O)O)=C(\O)Cc1cc(C)ccc1C(=C)C. The number of hydrogen-bond donors (Lipinski definition) is 2. The van der Waals surface area contributed by atoms with Gasteiger partial charge < -0.3 is 10.2 Å². The number of aliphatic carboxylic acids is 1. The summed E-state index contributed by atoms with van der Waals surface area (Å²) in [5.74, 6) is 1.06. The van der Waals surface area contributed by atoms with Crippen LogP contribution in [0.2, 0.25) is 0 Å². The molecule has 2 N–H and O–H groups in total. The number of allylic oxidation sites excluding steroid dienone is 3. The molecule has 0 radical (unpaired) electrons. The van der Waals surface area contributed by atoms with Crippen LogP contribution in [0.4, 0.5) is 0 Å². The van der Waals surface area contributed by atoms with Crippen molar-refractivity contribution in [3.05, 3.63) is 64.4 Å². The summed E-state index contributed by atoms with van der Waals surface area (Å²) in [6, 6.07) is 5.86. The van der Waals surface area contributed by atoms with Crippen molar-refractivity contribution in [2.75, 3.05) is 0 Å². The molecule has 0 atom stereocenters. The number of aliphatic hydroxyl groups excluding tert-OH is 1. The van der Waals surface area contributed by atoms with E-state index in [1.807, 2.05) is 32.0 Å². The molecule has 0 saturated carbocycles. The molecule has 0 saturated heterocycles. The molecule has 0 fully saturated rings. The van der Waals surface area contributed by atoms with E-state index in [1.165, 1.54) is 6.08 Å². The van der Waals surface area contributed by atoms with Crippen LogP contribution in [0.5, 0.6) is 0 Å². The van der Waals surface area contributed by atoms with Crippen LogP contribution in [-0.4, -0.2) is 16.2 Å². The molecule has 0 amide bonds. The summed E-state index contributed by atoms with van der Waals surface area (Å²) in [4.78, 5) is 11.8. The molecule has 1 aromatic carbocycles. The maximum atomic E-state index is 11.8. The van der Waals surface area contributed by atoms with Gasteiger partial charge in [-0.3, -0.25) is 0 Å². The average molecular weight is 352 g/mol. The number of carboxylic acids is 1. The van der Waals surface area contributed by atoms with Crippen molar-refractivity contribution in [1.29, 1.82) is 0 Å². The number of rotatable bonds is 9. The molecule has 26 heavy (non-hydrogen) atoms. The van der Waals surface area contributed by atoms with E-state index in [9.17, 15) is 15.0 Å². The zero-order valence-electron chi connectivity index (χ0n) is 15.9. The zero-order chi connectivity index (χ0) is 19.7. The highest BCUT2D eigenvalue weighted by Crippen LogP contribution is 2.26. The lowest BCUT2D eigenvalue weighted by atomic mass is 9.92. The van der Waals surface area contributed by atoms with E-state index in [1.54, 1.807) is 0 Å². The Labute approximate surface area is 156 Å². The van der Waals surface area contributed by atoms with Gasteiger partial charge in [0, 0.05) is 6.42 Å². The standard InChI is InChI=1S/C23H28O3/c1-6-8-9-11-18(10-7-2)22(23(25)26)21(24)15-19-14-17(5)12-13-20(19)16(3)4/h2,10,12-14,24H,3,6,8-9,11,15H2,1,4-5H3,(H,25,26)/b18-10-,22-21-. The van der Waals surface area contributed by atoms with Crippen molar-refractivity contribution < 1.29 is 15.0 Å². The zero-order valence-corrected chi connectivity index (χ0v) is 15.9. The highest BCUT2D eigenvalue weighted by Gasteiger charge is 2.20. The Bertz CT molecular complexity index is 773. The van der Waals surface area contributed by atoms with Crippen LogP contribution in [0.15, 0.2) is 47.8 Å². The molecule has 3 heteroatoms. The Hall–Kier alpha value is -2.73. The summed E-state index contributed by atoms with van der Waals surface area (Å²) in [6.07, 6.45) is 10.3. The first kappa shape index (κ1) is 21.3. The third-order valence-corrected chi connectivity index (χ3v) is 4.21. The van der Waals surface area contributed by atoms with E-state index in [4.69, 9.17) is 6.42 Å². The average Bonchev–Trinajstić information content (AvgIpc) is 2.54. The third-order valence-electron chi connectivity index (χ3n) is 4.21. The fourth-order valence-electron chi connectivity index (χ4n) is 2.94. The lowest BCUT2D eigenvalue weighted by Gasteiger charge is -2.14. The number of carboxylic acid groups (broad SMARTS) is 1. The predicted molar refractivity (Wildman–Crippen MR) is 108 cm³/mol. The molecular weight excluding hydrogens is 324 g/mol. The Morgan fingerprint density at radius 2 is 2.00 bits per heavy atom. The summed E-state index contributed by atoms with van der Waals surface area (Å²) in [7, 11) is 0. The van der Waals surface area contributed by atoms with E-state index >= 15 is 0 Å². The molecule has 0 spiro atoms. The topological polar surface area (TPSA) is 57.5 Å². The van der Waals surface area contributed by atoms with Gasteiger partial charge in [-0.15, -0.1) is 6.42 Å². The molecule has 0 heterocycles. The van der Waals surface area contributed by atoms with Gasteiger partial charge in [0.25, 0.3) is 0 Å². The van der Waals surface area contributed by atoms with E-state index in [2.05, 4.69) is 19.4 Å². The van der Waals surface area contributed by atoms with Crippen LogP contribution in [0.25, 0.3) is 5.57 Å². The quantitative estimate of drug-likeness (QED) is 0.200. The first-order valence-electron chi connectivity index (χ1n) is 8.88. The molecule has 138 valence electrons. The summed E-state index contributed by atoms with van der Waals surface area (Å²) < 4.78 is 0. The smallest absolute Gasteiger partial charge is 0.339 e. The fourth-order valence-corrected chi connectivity index (χ4v) is 2.94. The summed E-state index contributed by atoms with van der Waals surface area (Å²) in [5, 5.41) is 20.3. The van der Waals surface area contributed by atoms with E-state index in [0.717, 1.165) is 41.5 Å².